The van der Waals surface area contributed by atoms with Crippen LogP contribution in [0.3, 0.4) is 0 Å². The van der Waals surface area contributed by atoms with Crippen LogP contribution in [0.4, 0.5) is 14.9 Å². The molecule has 88 valence electrons. The molecule has 3 rings (SSSR count). The van der Waals surface area contributed by atoms with Crippen molar-refractivity contribution in [3.05, 3.63) is 27.6 Å². The molecule has 1 heterocycles. The molecule has 2 aliphatic rings. The number of carbonyl (C=O) groups is 2. The predicted octanol–water partition coefficient (Wildman–Crippen LogP) is 2.02. The fraction of sp³-hybridized carbons (Fsp3) is 0.273. The van der Waals surface area contributed by atoms with Crippen molar-refractivity contribution in [3.8, 4) is 0 Å². The summed E-state index contributed by atoms with van der Waals surface area (Å²) in [6.07, 6.45) is 1.28. The number of hydrogen-bond acceptors (Lipinski definition) is 2. The maximum absolute atomic E-state index is 13.7. The first-order valence-corrected chi connectivity index (χ1v) is 6.23. The van der Waals surface area contributed by atoms with Crippen LogP contribution in [0.1, 0.15) is 12.8 Å². The molecule has 0 radical (unpaired) electrons. The Morgan fingerprint density at radius 3 is 2.59 bits per heavy atom. The van der Waals surface area contributed by atoms with Crippen molar-refractivity contribution in [2.24, 2.45) is 0 Å². The number of rotatable bonds is 1. The maximum Gasteiger partial charge on any atom is 0.329 e. The van der Waals surface area contributed by atoms with Crippen LogP contribution in [0.15, 0.2) is 18.2 Å². The second-order valence-corrected chi connectivity index (χ2v) is 5.49. The normalized spacial score (nSPS) is 20.9. The lowest BCUT2D eigenvalue weighted by molar-refractivity contribution is -0.119. The van der Waals surface area contributed by atoms with Crippen molar-refractivity contribution in [2.75, 3.05) is 4.90 Å². The summed E-state index contributed by atoms with van der Waals surface area (Å²) in [4.78, 5) is 24.6. The van der Waals surface area contributed by atoms with Crippen molar-refractivity contribution >= 4 is 40.2 Å². The number of halogens is 2. The van der Waals surface area contributed by atoms with Gasteiger partial charge in [-0.1, -0.05) is 0 Å². The zero-order valence-electron chi connectivity index (χ0n) is 8.67. The summed E-state index contributed by atoms with van der Waals surface area (Å²) in [5.41, 5.74) is -0.719. The third kappa shape index (κ3) is 1.54. The summed E-state index contributed by atoms with van der Waals surface area (Å²) >= 11 is 1.97. The fourth-order valence-corrected chi connectivity index (χ4v) is 2.42. The summed E-state index contributed by atoms with van der Waals surface area (Å²) in [5.74, 6) is -0.902. The SMILES string of the molecule is O=C1NC2(CC2)C(=O)N1c1ccc(I)cc1F. The number of anilines is 1. The molecule has 1 N–H and O–H groups in total. The molecule has 1 aliphatic heterocycles. The van der Waals surface area contributed by atoms with Gasteiger partial charge in [-0.05, 0) is 53.6 Å². The van der Waals surface area contributed by atoms with Gasteiger partial charge in [-0.15, -0.1) is 0 Å². The van der Waals surface area contributed by atoms with Gasteiger partial charge in [0.2, 0.25) is 0 Å². The number of imide groups is 1. The number of benzene rings is 1. The minimum absolute atomic E-state index is 0.0247. The minimum atomic E-state index is -0.744. The lowest BCUT2D eigenvalue weighted by Gasteiger charge is -2.13. The van der Waals surface area contributed by atoms with E-state index in [1.807, 2.05) is 22.6 Å². The average molecular weight is 346 g/mol. The highest BCUT2D eigenvalue weighted by molar-refractivity contribution is 14.1. The third-order valence-electron chi connectivity index (χ3n) is 3.06. The molecule has 6 heteroatoms. The number of urea groups is 1. The molecule has 1 aromatic rings. The predicted molar refractivity (Wildman–Crippen MR) is 67.1 cm³/mol. The molecule has 0 unspecified atom stereocenters. The van der Waals surface area contributed by atoms with Crippen LogP contribution in [-0.4, -0.2) is 17.5 Å². The molecule has 1 saturated carbocycles. The Morgan fingerprint density at radius 1 is 1.35 bits per heavy atom. The second-order valence-electron chi connectivity index (χ2n) is 4.25. The topological polar surface area (TPSA) is 49.4 Å². The van der Waals surface area contributed by atoms with Crippen LogP contribution >= 0.6 is 22.6 Å². The van der Waals surface area contributed by atoms with Crippen LogP contribution in [0.25, 0.3) is 0 Å². The van der Waals surface area contributed by atoms with Gasteiger partial charge < -0.3 is 5.32 Å². The number of nitrogens with zero attached hydrogens (tertiary/aromatic N) is 1. The quantitative estimate of drug-likeness (QED) is 0.625. The summed E-state index contributed by atoms with van der Waals surface area (Å²) in [5, 5.41) is 2.61. The zero-order valence-corrected chi connectivity index (χ0v) is 10.8. The van der Waals surface area contributed by atoms with E-state index in [0.717, 1.165) is 8.47 Å². The first kappa shape index (κ1) is 10.9. The number of nitrogens with one attached hydrogen (secondary N) is 1. The molecule has 1 saturated heterocycles. The molecule has 0 aromatic heterocycles. The second kappa shape index (κ2) is 3.41. The first-order valence-electron chi connectivity index (χ1n) is 5.15. The van der Waals surface area contributed by atoms with E-state index in [1.165, 1.54) is 12.1 Å². The van der Waals surface area contributed by atoms with Crippen molar-refractivity contribution in [3.63, 3.8) is 0 Å². The van der Waals surface area contributed by atoms with Gasteiger partial charge in [0.25, 0.3) is 5.91 Å². The maximum atomic E-state index is 13.7. The lowest BCUT2D eigenvalue weighted by Crippen LogP contribution is -2.32. The third-order valence-corrected chi connectivity index (χ3v) is 3.73. The van der Waals surface area contributed by atoms with E-state index in [9.17, 15) is 14.0 Å². The zero-order chi connectivity index (χ0) is 12.2. The van der Waals surface area contributed by atoms with Gasteiger partial charge in [0, 0.05) is 3.57 Å². The molecule has 1 spiro atoms. The largest absolute Gasteiger partial charge is 0.329 e. The van der Waals surface area contributed by atoms with Crippen LogP contribution < -0.4 is 10.2 Å². The Balaban J connectivity index is 2.04. The highest BCUT2D eigenvalue weighted by Gasteiger charge is 2.60. The molecular formula is C11H8FIN2O2. The van der Waals surface area contributed by atoms with Gasteiger partial charge in [0.1, 0.15) is 11.4 Å². The Labute approximate surface area is 110 Å². The van der Waals surface area contributed by atoms with Crippen molar-refractivity contribution < 1.29 is 14.0 Å². The minimum Gasteiger partial charge on any atom is -0.323 e. The van der Waals surface area contributed by atoms with E-state index in [0.29, 0.717) is 12.8 Å². The fourth-order valence-electron chi connectivity index (χ4n) is 1.97. The van der Waals surface area contributed by atoms with Crippen LogP contribution in [0, 0.1) is 9.39 Å². The van der Waals surface area contributed by atoms with Crippen LogP contribution in [0.2, 0.25) is 0 Å². The Bertz CT molecular complexity index is 542. The summed E-state index contributed by atoms with van der Waals surface area (Å²) < 4.78 is 14.5. The Hall–Kier alpha value is -1.18. The highest BCUT2D eigenvalue weighted by Crippen LogP contribution is 2.42. The molecule has 1 aromatic carbocycles. The van der Waals surface area contributed by atoms with Crippen LogP contribution in [0.5, 0.6) is 0 Å². The standard InChI is InChI=1S/C11H8FIN2O2/c12-7-5-6(13)1-2-8(7)15-9(16)11(3-4-11)14-10(15)17/h1-2,5H,3-4H2,(H,14,17). The van der Waals surface area contributed by atoms with Gasteiger partial charge in [-0.3, -0.25) is 4.79 Å². The Kier molecular flexibility index (Phi) is 2.19. The molecule has 3 amide bonds. The smallest absolute Gasteiger partial charge is 0.323 e. The number of amides is 3. The summed E-state index contributed by atoms with van der Waals surface area (Å²) in [6, 6.07) is 3.88. The average Bonchev–Trinajstić information content (AvgIpc) is 2.97. The molecule has 1 aliphatic carbocycles. The van der Waals surface area contributed by atoms with Gasteiger partial charge in [-0.2, -0.15) is 0 Å². The van der Waals surface area contributed by atoms with Crippen molar-refractivity contribution in [1.29, 1.82) is 0 Å². The van der Waals surface area contributed by atoms with E-state index in [1.54, 1.807) is 6.07 Å². The number of carbonyl (C=O) groups excluding carboxylic acids is 2. The summed E-state index contributed by atoms with van der Waals surface area (Å²) in [7, 11) is 0. The number of hydrogen-bond donors (Lipinski definition) is 1. The van der Waals surface area contributed by atoms with E-state index in [4.69, 9.17) is 0 Å². The van der Waals surface area contributed by atoms with E-state index in [2.05, 4.69) is 5.32 Å². The molecule has 4 nitrogen and oxygen atoms in total. The highest BCUT2D eigenvalue weighted by atomic mass is 127. The molecule has 0 atom stereocenters. The van der Waals surface area contributed by atoms with Gasteiger partial charge in [0.05, 0.1) is 5.69 Å². The molecule has 2 fully saturated rings. The molecule has 17 heavy (non-hydrogen) atoms. The summed E-state index contributed by atoms with van der Waals surface area (Å²) in [6.45, 7) is 0. The van der Waals surface area contributed by atoms with Crippen molar-refractivity contribution in [2.45, 2.75) is 18.4 Å². The van der Waals surface area contributed by atoms with E-state index in [-0.39, 0.29) is 11.6 Å². The van der Waals surface area contributed by atoms with Gasteiger partial charge >= 0.3 is 6.03 Å². The van der Waals surface area contributed by atoms with Crippen LogP contribution in [-0.2, 0) is 4.79 Å². The van der Waals surface area contributed by atoms with E-state index < -0.39 is 17.4 Å². The molecular weight excluding hydrogens is 338 g/mol. The van der Waals surface area contributed by atoms with E-state index >= 15 is 0 Å². The first-order chi connectivity index (χ1) is 8.03. The Morgan fingerprint density at radius 2 is 2.06 bits per heavy atom. The van der Waals surface area contributed by atoms with Gasteiger partial charge in [0.15, 0.2) is 0 Å². The molecule has 0 bridgehead atoms. The van der Waals surface area contributed by atoms with Gasteiger partial charge in [-0.25, -0.2) is 14.1 Å². The monoisotopic (exact) mass is 346 g/mol. The van der Waals surface area contributed by atoms with Crippen molar-refractivity contribution in [1.82, 2.24) is 5.32 Å². The lowest BCUT2D eigenvalue weighted by atomic mass is 10.2.